The predicted octanol–water partition coefficient (Wildman–Crippen LogP) is 2.53. The van der Waals surface area contributed by atoms with Gasteiger partial charge in [0.2, 0.25) is 0 Å². The topological polar surface area (TPSA) is 95.9 Å². The quantitative estimate of drug-likeness (QED) is 0.472. The number of hydrogen-bond donors (Lipinski definition) is 2. The SMILES string of the molecule is C=CCc1cc(/C=C2\C(=O)NC(=O)N(C3CCCC3)C2=O)cc(OC)c1O. The third-order valence-corrected chi connectivity index (χ3v) is 4.89. The highest BCUT2D eigenvalue weighted by molar-refractivity contribution is 6.31. The molecule has 27 heavy (non-hydrogen) atoms. The van der Waals surface area contributed by atoms with Crippen LogP contribution in [0.25, 0.3) is 6.08 Å². The fourth-order valence-electron chi connectivity index (χ4n) is 3.57. The summed E-state index contributed by atoms with van der Waals surface area (Å²) < 4.78 is 5.17. The molecule has 4 amide bonds. The number of carbonyl (C=O) groups excluding carboxylic acids is 3. The van der Waals surface area contributed by atoms with E-state index in [4.69, 9.17) is 4.74 Å². The molecule has 1 aromatic rings. The Morgan fingerprint density at radius 3 is 2.63 bits per heavy atom. The maximum absolute atomic E-state index is 12.8. The maximum Gasteiger partial charge on any atom is 0.331 e. The number of nitrogens with zero attached hydrogens (tertiary/aromatic N) is 1. The van der Waals surface area contributed by atoms with Gasteiger partial charge in [-0.2, -0.15) is 0 Å². The molecule has 0 bridgehead atoms. The number of phenolic OH excluding ortho intramolecular Hbond substituents is 1. The van der Waals surface area contributed by atoms with Crippen LogP contribution in [0.5, 0.6) is 11.5 Å². The fraction of sp³-hybridized carbons (Fsp3) is 0.350. The average molecular weight is 370 g/mol. The minimum atomic E-state index is -0.725. The molecule has 1 saturated heterocycles. The van der Waals surface area contributed by atoms with Gasteiger partial charge >= 0.3 is 6.03 Å². The van der Waals surface area contributed by atoms with Crippen LogP contribution in [0.15, 0.2) is 30.4 Å². The van der Waals surface area contributed by atoms with E-state index in [9.17, 15) is 19.5 Å². The molecule has 2 aliphatic rings. The zero-order valence-electron chi connectivity index (χ0n) is 15.2. The molecule has 1 heterocycles. The lowest BCUT2D eigenvalue weighted by atomic mass is 10.0. The van der Waals surface area contributed by atoms with Gasteiger partial charge in [0, 0.05) is 11.6 Å². The van der Waals surface area contributed by atoms with Gasteiger partial charge in [-0.05, 0) is 43.0 Å². The zero-order chi connectivity index (χ0) is 19.6. The van der Waals surface area contributed by atoms with Gasteiger partial charge in [0.05, 0.1) is 7.11 Å². The number of rotatable bonds is 5. The van der Waals surface area contributed by atoms with E-state index >= 15 is 0 Å². The molecule has 0 spiro atoms. The lowest BCUT2D eigenvalue weighted by molar-refractivity contribution is -0.131. The Labute approximate surface area is 157 Å². The highest BCUT2D eigenvalue weighted by Crippen LogP contribution is 2.33. The van der Waals surface area contributed by atoms with Crippen LogP contribution in [0, 0.1) is 0 Å². The molecule has 3 rings (SSSR count). The molecule has 2 N–H and O–H groups in total. The van der Waals surface area contributed by atoms with Crippen LogP contribution in [0.2, 0.25) is 0 Å². The normalized spacial score (nSPS) is 19.5. The second kappa shape index (κ2) is 7.65. The molecule has 1 saturated carbocycles. The smallest absolute Gasteiger partial charge is 0.331 e. The Balaban J connectivity index is 2.00. The predicted molar refractivity (Wildman–Crippen MR) is 99.2 cm³/mol. The van der Waals surface area contributed by atoms with Crippen LogP contribution >= 0.6 is 0 Å². The highest BCUT2D eigenvalue weighted by Gasteiger charge is 2.40. The van der Waals surface area contributed by atoms with Crippen LogP contribution < -0.4 is 10.1 Å². The fourth-order valence-corrected chi connectivity index (χ4v) is 3.57. The number of imide groups is 2. The summed E-state index contributed by atoms with van der Waals surface area (Å²) in [5, 5.41) is 12.4. The summed E-state index contributed by atoms with van der Waals surface area (Å²) >= 11 is 0. The second-order valence-electron chi connectivity index (χ2n) is 6.65. The van der Waals surface area contributed by atoms with Gasteiger partial charge in [0.1, 0.15) is 5.57 Å². The number of benzene rings is 1. The molecule has 0 unspecified atom stereocenters. The lowest BCUT2D eigenvalue weighted by Crippen LogP contribution is -2.57. The van der Waals surface area contributed by atoms with Crippen molar-refractivity contribution >= 4 is 23.9 Å². The van der Waals surface area contributed by atoms with E-state index in [-0.39, 0.29) is 23.1 Å². The van der Waals surface area contributed by atoms with Gasteiger partial charge in [0.15, 0.2) is 11.5 Å². The van der Waals surface area contributed by atoms with Gasteiger partial charge < -0.3 is 9.84 Å². The van der Waals surface area contributed by atoms with Gasteiger partial charge in [-0.3, -0.25) is 19.8 Å². The first-order valence-corrected chi connectivity index (χ1v) is 8.87. The standard InChI is InChI=1S/C20H22N2O5/c1-3-6-13-9-12(11-16(27-2)17(13)23)10-15-18(24)21-20(26)22(19(15)25)14-7-4-5-8-14/h3,9-11,14,23H,1,4-8H2,2H3,(H,21,24,26)/b15-10+. The Bertz CT molecular complexity index is 837. The van der Waals surface area contributed by atoms with Crippen LogP contribution in [-0.4, -0.2) is 41.0 Å². The first-order valence-electron chi connectivity index (χ1n) is 8.87. The van der Waals surface area contributed by atoms with Crippen molar-refractivity contribution in [3.05, 3.63) is 41.5 Å². The van der Waals surface area contributed by atoms with E-state index in [2.05, 4.69) is 11.9 Å². The molecule has 2 fully saturated rings. The molecule has 7 heteroatoms. The summed E-state index contributed by atoms with van der Waals surface area (Å²) in [7, 11) is 1.42. The summed E-state index contributed by atoms with van der Waals surface area (Å²) in [5.74, 6) is -1.10. The molecule has 142 valence electrons. The molecule has 7 nitrogen and oxygen atoms in total. The second-order valence-corrected chi connectivity index (χ2v) is 6.65. The molecular weight excluding hydrogens is 348 g/mol. The average Bonchev–Trinajstić information content (AvgIpc) is 3.15. The number of phenols is 1. The van der Waals surface area contributed by atoms with Crippen molar-refractivity contribution in [2.24, 2.45) is 0 Å². The lowest BCUT2D eigenvalue weighted by Gasteiger charge is -2.31. The van der Waals surface area contributed by atoms with Crippen molar-refractivity contribution in [1.29, 1.82) is 0 Å². The zero-order valence-corrected chi connectivity index (χ0v) is 15.2. The van der Waals surface area contributed by atoms with E-state index in [1.54, 1.807) is 12.1 Å². The Morgan fingerprint density at radius 1 is 1.30 bits per heavy atom. The minimum absolute atomic E-state index is 0.0123. The number of allylic oxidation sites excluding steroid dienone is 1. The number of nitrogens with one attached hydrogen (secondary N) is 1. The molecule has 1 aromatic carbocycles. The van der Waals surface area contributed by atoms with E-state index in [1.165, 1.54) is 19.3 Å². The monoisotopic (exact) mass is 370 g/mol. The summed E-state index contributed by atoms with van der Waals surface area (Å²) in [6, 6.07) is 2.35. The highest BCUT2D eigenvalue weighted by atomic mass is 16.5. The van der Waals surface area contributed by atoms with Gasteiger partial charge in [-0.25, -0.2) is 4.79 Å². The van der Waals surface area contributed by atoms with E-state index < -0.39 is 17.8 Å². The van der Waals surface area contributed by atoms with Gasteiger partial charge in [-0.1, -0.05) is 18.9 Å². The number of hydrogen-bond acceptors (Lipinski definition) is 5. The Morgan fingerprint density at radius 2 is 2.00 bits per heavy atom. The van der Waals surface area contributed by atoms with Crippen molar-refractivity contribution in [1.82, 2.24) is 10.2 Å². The number of methoxy groups -OCH3 is 1. The number of urea groups is 1. The number of aromatic hydroxyl groups is 1. The van der Waals surface area contributed by atoms with Crippen LogP contribution in [0.3, 0.4) is 0 Å². The minimum Gasteiger partial charge on any atom is -0.504 e. The van der Waals surface area contributed by atoms with Crippen molar-refractivity contribution in [2.75, 3.05) is 7.11 Å². The van der Waals surface area contributed by atoms with Crippen molar-refractivity contribution in [3.8, 4) is 11.5 Å². The van der Waals surface area contributed by atoms with Crippen molar-refractivity contribution in [2.45, 2.75) is 38.1 Å². The molecular formula is C20H22N2O5. The molecule has 0 atom stereocenters. The summed E-state index contributed by atoms with van der Waals surface area (Å²) in [5.41, 5.74) is 0.961. The molecule has 1 aliphatic heterocycles. The summed E-state index contributed by atoms with van der Waals surface area (Å²) in [6.45, 7) is 3.65. The van der Waals surface area contributed by atoms with Crippen LogP contribution in [0.1, 0.15) is 36.8 Å². The first-order chi connectivity index (χ1) is 13.0. The summed E-state index contributed by atoms with van der Waals surface area (Å²) in [4.78, 5) is 38.4. The summed E-state index contributed by atoms with van der Waals surface area (Å²) in [6.07, 6.45) is 6.84. The largest absolute Gasteiger partial charge is 0.504 e. The third-order valence-electron chi connectivity index (χ3n) is 4.89. The van der Waals surface area contributed by atoms with Gasteiger partial charge in [-0.15, -0.1) is 6.58 Å². The maximum atomic E-state index is 12.8. The Kier molecular flexibility index (Phi) is 5.30. The van der Waals surface area contributed by atoms with Crippen LogP contribution in [0.4, 0.5) is 4.79 Å². The van der Waals surface area contributed by atoms with E-state index in [0.29, 0.717) is 17.5 Å². The molecule has 0 aromatic heterocycles. The molecule has 0 radical (unpaired) electrons. The van der Waals surface area contributed by atoms with Crippen molar-refractivity contribution < 1.29 is 24.2 Å². The van der Waals surface area contributed by atoms with E-state index in [0.717, 1.165) is 30.6 Å². The Hall–Kier alpha value is -3.09. The number of ether oxygens (including phenoxy) is 1. The van der Waals surface area contributed by atoms with E-state index in [1.807, 2.05) is 0 Å². The van der Waals surface area contributed by atoms with Gasteiger partial charge in [0.25, 0.3) is 11.8 Å². The number of barbiturate groups is 1. The number of carbonyl (C=O) groups is 3. The van der Waals surface area contributed by atoms with Crippen molar-refractivity contribution in [3.63, 3.8) is 0 Å². The number of amides is 4. The first kappa shape index (κ1) is 18.7. The third kappa shape index (κ3) is 3.58. The van der Waals surface area contributed by atoms with Crippen LogP contribution in [-0.2, 0) is 16.0 Å². The molecule has 1 aliphatic carbocycles.